The number of nitrogens with zero attached hydrogens (tertiary/aromatic N) is 1. The van der Waals surface area contributed by atoms with Crippen molar-refractivity contribution >= 4 is 35.1 Å². The normalized spacial score (nSPS) is 11.2. The molecule has 0 aromatic carbocycles. The van der Waals surface area contributed by atoms with Crippen LogP contribution in [0.5, 0.6) is 0 Å². The van der Waals surface area contributed by atoms with Crippen LogP contribution < -0.4 is 10.6 Å². The molecular weight excluding hydrogens is 270 g/mol. The second-order valence-corrected chi connectivity index (χ2v) is 6.36. The lowest BCUT2D eigenvalue weighted by Gasteiger charge is -2.22. The minimum Gasteiger partial charge on any atom is -0.373 e. The number of aromatic nitrogens is 1. The van der Waals surface area contributed by atoms with Crippen molar-refractivity contribution < 1.29 is 4.79 Å². The Bertz CT molecular complexity index is 437. The zero-order valence-corrected chi connectivity index (χ0v) is 12.6. The summed E-state index contributed by atoms with van der Waals surface area (Å²) in [5, 5.41) is 6.06. The van der Waals surface area contributed by atoms with Crippen molar-refractivity contribution in [2.24, 2.45) is 0 Å². The van der Waals surface area contributed by atoms with E-state index in [4.69, 9.17) is 11.6 Å². The number of rotatable bonds is 5. The number of anilines is 1. The summed E-state index contributed by atoms with van der Waals surface area (Å²) in [5.41, 5.74) is 0.510. The van der Waals surface area contributed by atoms with Crippen LogP contribution in [0.3, 0.4) is 0 Å². The molecule has 1 aromatic heterocycles. The SMILES string of the molecule is CNc1cc(C(=O)NCC(C)(C)SC)cc(Cl)n1. The molecule has 0 aliphatic heterocycles. The van der Waals surface area contributed by atoms with Gasteiger partial charge in [-0.05, 0) is 32.2 Å². The number of amides is 1. The lowest BCUT2D eigenvalue weighted by Crippen LogP contribution is -2.36. The number of hydrogen-bond donors (Lipinski definition) is 2. The van der Waals surface area contributed by atoms with E-state index in [0.717, 1.165) is 0 Å². The van der Waals surface area contributed by atoms with E-state index in [1.165, 1.54) is 0 Å². The van der Waals surface area contributed by atoms with Crippen LogP contribution in [0.2, 0.25) is 5.15 Å². The summed E-state index contributed by atoms with van der Waals surface area (Å²) in [5.74, 6) is 0.440. The molecule has 0 unspecified atom stereocenters. The van der Waals surface area contributed by atoms with Crippen LogP contribution in [-0.2, 0) is 0 Å². The molecular formula is C12H18ClN3OS. The van der Waals surface area contributed by atoms with Crippen LogP contribution in [0.25, 0.3) is 0 Å². The summed E-state index contributed by atoms with van der Waals surface area (Å²) in [7, 11) is 1.73. The van der Waals surface area contributed by atoms with Gasteiger partial charge in [-0.15, -0.1) is 0 Å². The highest BCUT2D eigenvalue weighted by Crippen LogP contribution is 2.20. The van der Waals surface area contributed by atoms with E-state index in [2.05, 4.69) is 29.5 Å². The standard InChI is InChI=1S/C12H18ClN3OS/c1-12(2,18-4)7-15-11(17)8-5-9(13)16-10(6-8)14-3/h5-6H,7H2,1-4H3,(H,14,16)(H,15,17). The van der Waals surface area contributed by atoms with Crippen molar-refractivity contribution in [3.63, 3.8) is 0 Å². The van der Waals surface area contributed by atoms with E-state index in [-0.39, 0.29) is 10.7 Å². The smallest absolute Gasteiger partial charge is 0.251 e. The molecule has 0 saturated heterocycles. The lowest BCUT2D eigenvalue weighted by atomic mass is 10.2. The molecule has 0 aliphatic carbocycles. The molecule has 1 heterocycles. The number of carbonyl (C=O) groups is 1. The highest BCUT2D eigenvalue weighted by molar-refractivity contribution is 7.99. The van der Waals surface area contributed by atoms with Crippen molar-refractivity contribution in [1.29, 1.82) is 0 Å². The average molecular weight is 288 g/mol. The van der Waals surface area contributed by atoms with Gasteiger partial charge in [-0.25, -0.2) is 4.98 Å². The third kappa shape index (κ3) is 4.38. The molecule has 18 heavy (non-hydrogen) atoms. The molecule has 100 valence electrons. The second kappa shape index (κ2) is 6.29. The summed E-state index contributed by atoms with van der Waals surface area (Å²) >= 11 is 7.56. The highest BCUT2D eigenvalue weighted by atomic mass is 35.5. The maximum atomic E-state index is 12.0. The molecule has 0 saturated carbocycles. The molecule has 4 nitrogen and oxygen atoms in total. The van der Waals surface area contributed by atoms with Crippen molar-refractivity contribution in [1.82, 2.24) is 10.3 Å². The molecule has 1 amide bonds. The first kappa shape index (κ1) is 15.1. The van der Waals surface area contributed by atoms with Gasteiger partial charge in [0.05, 0.1) is 0 Å². The van der Waals surface area contributed by atoms with Crippen molar-refractivity contribution in [3.8, 4) is 0 Å². The Labute approximate surface area is 117 Å². The quantitative estimate of drug-likeness (QED) is 0.818. The van der Waals surface area contributed by atoms with E-state index >= 15 is 0 Å². The zero-order chi connectivity index (χ0) is 13.8. The number of nitrogens with one attached hydrogen (secondary N) is 2. The van der Waals surface area contributed by atoms with Crippen LogP contribution in [0.1, 0.15) is 24.2 Å². The van der Waals surface area contributed by atoms with Gasteiger partial charge >= 0.3 is 0 Å². The molecule has 6 heteroatoms. The fourth-order valence-electron chi connectivity index (χ4n) is 1.22. The Morgan fingerprint density at radius 1 is 1.50 bits per heavy atom. The minimum absolute atomic E-state index is 0.0122. The van der Waals surface area contributed by atoms with E-state index in [9.17, 15) is 4.79 Å². The first-order valence-electron chi connectivity index (χ1n) is 5.56. The number of pyridine rings is 1. The summed E-state index contributed by atoms with van der Waals surface area (Å²) in [6, 6.07) is 3.23. The average Bonchev–Trinajstić information content (AvgIpc) is 2.35. The molecule has 0 aliphatic rings. The molecule has 0 atom stereocenters. The summed E-state index contributed by atoms with van der Waals surface area (Å²) in [4.78, 5) is 16.0. The van der Waals surface area contributed by atoms with E-state index < -0.39 is 0 Å². The van der Waals surface area contributed by atoms with Crippen molar-refractivity contribution in [2.45, 2.75) is 18.6 Å². The third-order valence-corrected chi connectivity index (χ3v) is 3.98. The number of halogens is 1. The highest BCUT2D eigenvalue weighted by Gasteiger charge is 2.18. The van der Waals surface area contributed by atoms with Crippen molar-refractivity contribution in [3.05, 3.63) is 22.8 Å². The Morgan fingerprint density at radius 3 is 2.72 bits per heavy atom. The third-order valence-electron chi connectivity index (χ3n) is 2.54. The fourth-order valence-corrected chi connectivity index (χ4v) is 1.65. The van der Waals surface area contributed by atoms with Crippen LogP contribution in [0.4, 0.5) is 5.82 Å². The molecule has 1 rings (SSSR count). The van der Waals surface area contributed by atoms with Gasteiger partial charge < -0.3 is 10.6 Å². The largest absolute Gasteiger partial charge is 0.373 e. The van der Waals surface area contributed by atoms with Gasteiger partial charge in [-0.3, -0.25) is 4.79 Å². The molecule has 0 spiro atoms. The summed E-state index contributed by atoms with van der Waals surface area (Å²) in [6.07, 6.45) is 2.02. The van der Waals surface area contributed by atoms with Gasteiger partial charge in [0.25, 0.3) is 5.91 Å². The van der Waals surface area contributed by atoms with Crippen LogP contribution in [-0.4, -0.2) is 35.5 Å². The number of hydrogen-bond acceptors (Lipinski definition) is 4. The molecule has 1 aromatic rings. The van der Waals surface area contributed by atoms with Gasteiger partial charge in [0.1, 0.15) is 11.0 Å². The van der Waals surface area contributed by atoms with Crippen LogP contribution >= 0.6 is 23.4 Å². The van der Waals surface area contributed by atoms with E-state index in [1.807, 2.05) is 6.26 Å². The molecule has 0 bridgehead atoms. The molecule has 2 N–H and O–H groups in total. The van der Waals surface area contributed by atoms with Crippen molar-refractivity contribution in [2.75, 3.05) is 25.2 Å². The summed E-state index contributed by atoms with van der Waals surface area (Å²) < 4.78 is 0.0122. The first-order chi connectivity index (χ1) is 8.38. The Hall–Kier alpha value is -0.940. The Balaban J connectivity index is 2.75. The first-order valence-corrected chi connectivity index (χ1v) is 7.17. The predicted octanol–water partition coefficient (Wildman–Crippen LogP) is 2.65. The second-order valence-electron chi connectivity index (χ2n) is 4.46. The summed E-state index contributed by atoms with van der Waals surface area (Å²) in [6.45, 7) is 4.76. The van der Waals surface area contributed by atoms with Gasteiger partial charge in [-0.1, -0.05) is 11.6 Å². The number of carbonyl (C=O) groups excluding carboxylic acids is 1. The van der Waals surface area contributed by atoms with Crippen LogP contribution in [0.15, 0.2) is 12.1 Å². The Kier molecular flexibility index (Phi) is 5.28. The Morgan fingerprint density at radius 2 is 2.17 bits per heavy atom. The monoisotopic (exact) mass is 287 g/mol. The zero-order valence-electron chi connectivity index (χ0n) is 11.0. The molecule has 0 fully saturated rings. The van der Waals surface area contributed by atoms with E-state index in [0.29, 0.717) is 23.1 Å². The minimum atomic E-state index is -0.141. The number of thioether (sulfide) groups is 1. The van der Waals surface area contributed by atoms with Gasteiger partial charge in [0.2, 0.25) is 0 Å². The van der Waals surface area contributed by atoms with Crippen LogP contribution in [0, 0.1) is 0 Å². The lowest BCUT2D eigenvalue weighted by molar-refractivity contribution is 0.0950. The van der Waals surface area contributed by atoms with E-state index in [1.54, 1.807) is 30.9 Å². The topological polar surface area (TPSA) is 54.0 Å². The predicted molar refractivity (Wildman–Crippen MR) is 78.7 cm³/mol. The fraction of sp³-hybridized carbons (Fsp3) is 0.500. The molecule has 0 radical (unpaired) electrons. The maximum Gasteiger partial charge on any atom is 0.251 e. The maximum absolute atomic E-state index is 12.0. The van der Waals surface area contributed by atoms with Gasteiger partial charge in [0, 0.05) is 23.9 Å². The van der Waals surface area contributed by atoms with Gasteiger partial charge in [-0.2, -0.15) is 11.8 Å². The van der Waals surface area contributed by atoms with Gasteiger partial charge in [0.15, 0.2) is 0 Å².